The van der Waals surface area contributed by atoms with Gasteiger partial charge in [0.2, 0.25) is 5.91 Å². The maximum atomic E-state index is 11.6. The predicted octanol–water partition coefficient (Wildman–Crippen LogP) is -1.05. The molecule has 0 radical (unpaired) electrons. The Bertz CT molecular complexity index is 530. The van der Waals surface area contributed by atoms with Crippen LogP contribution in [0.2, 0.25) is 0 Å². The van der Waals surface area contributed by atoms with Crippen LogP contribution in [0.25, 0.3) is 0 Å². The molecule has 96 valence electrons. The maximum Gasteiger partial charge on any atom is 0.241 e. The van der Waals surface area contributed by atoms with E-state index in [9.17, 15) is 4.79 Å². The molecule has 1 amide bonds. The Labute approximate surface area is 104 Å². The molecule has 0 aliphatic rings. The third kappa shape index (κ3) is 3.06. The summed E-state index contributed by atoms with van der Waals surface area (Å²) in [6, 6.07) is 0. The van der Waals surface area contributed by atoms with E-state index in [2.05, 4.69) is 20.6 Å². The van der Waals surface area contributed by atoms with Crippen molar-refractivity contribution >= 4 is 11.6 Å². The number of rotatable bonds is 5. The molecule has 0 saturated heterocycles. The summed E-state index contributed by atoms with van der Waals surface area (Å²) in [5, 5.41) is 14.4. The van der Waals surface area contributed by atoms with Gasteiger partial charge in [0.15, 0.2) is 0 Å². The number of carbonyl (C=O) groups is 1. The van der Waals surface area contributed by atoms with Crippen LogP contribution in [0.1, 0.15) is 5.82 Å². The van der Waals surface area contributed by atoms with Gasteiger partial charge < -0.3 is 15.6 Å². The fourth-order valence-corrected chi connectivity index (χ4v) is 1.52. The highest BCUT2D eigenvalue weighted by Gasteiger charge is 2.05. The van der Waals surface area contributed by atoms with Gasteiger partial charge in [-0.05, 0) is 0 Å². The number of carbonyl (C=O) groups excluding carboxylic acids is 1. The van der Waals surface area contributed by atoms with Crippen molar-refractivity contribution in [2.75, 3.05) is 12.3 Å². The van der Waals surface area contributed by atoms with E-state index in [4.69, 9.17) is 5.73 Å². The van der Waals surface area contributed by atoms with Crippen molar-refractivity contribution in [1.29, 1.82) is 0 Å². The SMILES string of the molecule is Cn1cnnc1CCNC(=O)Cn1cc(N)cn1. The summed E-state index contributed by atoms with van der Waals surface area (Å²) in [5.41, 5.74) is 6.05. The summed E-state index contributed by atoms with van der Waals surface area (Å²) in [6.07, 6.45) is 5.39. The molecule has 2 aromatic rings. The van der Waals surface area contributed by atoms with E-state index in [1.165, 1.54) is 10.9 Å². The van der Waals surface area contributed by atoms with E-state index in [1.807, 2.05) is 11.6 Å². The summed E-state index contributed by atoms with van der Waals surface area (Å²) in [4.78, 5) is 11.6. The molecule has 0 saturated carbocycles. The van der Waals surface area contributed by atoms with Crippen molar-refractivity contribution < 1.29 is 4.79 Å². The summed E-state index contributed by atoms with van der Waals surface area (Å²) < 4.78 is 3.31. The number of aryl methyl sites for hydroxylation is 1. The lowest BCUT2D eigenvalue weighted by Gasteiger charge is -2.04. The minimum Gasteiger partial charge on any atom is -0.396 e. The van der Waals surface area contributed by atoms with Crippen LogP contribution in [0.4, 0.5) is 5.69 Å². The van der Waals surface area contributed by atoms with Crippen molar-refractivity contribution in [3.8, 4) is 0 Å². The van der Waals surface area contributed by atoms with Gasteiger partial charge in [-0.3, -0.25) is 9.48 Å². The molecule has 0 bridgehead atoms. The van der Waals surface area contributed by atoms with E-state index in [0.29, 0.717) is 18.7 Å². The number of hydrogen-bond donors (Lipinski definition) is 2. The molecule has 2 rings (SSSR count). The van der Waals surface area contributed by atoms with Crippen LogP contribution in [0.3, 0.4) is 0 Å². The second kappa shape index (κ2) is 5.30. The van der Waals surface area contributed by atoms with E-state index in [1.54, 1.807) is 12.5 Å². The molecule has 0 aromatic carbocycles. The Kier molecular flexibility index (Phi) is 3.56. The number of nitrogen functional groups attached to an aromatic ring is 1. The molecule has 2 heterocycles. The first-order chi connectivity index (χ1) is 8.65. The molecular formula is C10H15N7O. The van der Waals surface area contributed by atoms with Crippen LogP contribution in [0.5, 0.6) is 0 Å². The van der Waals surface area contributed by atoms with E-state index < -0.39 is 0 Å². The Hall–Kier alpha value is -2.38. The normalized spacial score (nSPS) is 10.5. The number of nitrogens with one attached hydrogen (secondary N) is 1. The van der Waals surface area contributed by atoms with Crippen LogP contribution in [-0.4, -0.2) is 37.0 Å². The molecular weight excluding hydrogens is 234 g/mol. The van der Waals surface area contributed by atoms with Crippen molar-refractivity contribution in [1.82, 2.24) is 29.9 Å². The highest BCUT2D eigenvalue weighted by atomic mass is 16.2. The van der Waals surface area contributed by atoms with Gasteiger partial charge in [0.1, 0.15) is 18.7 Å². The zero-order valence-electron chi connectivity index (χ0n) is 10.1. The monoisotopic (exact) mass is 249 g/mol. The van der Waals surface area contributed by atoms with Gasteiger partial charge in [-0.1, -0.05) is 0 Å². The van der Waals surface area contributed by atoms with Crippen LogP contribution in [0.15, 0.2) is 18.7 Å². The largest absolute Gasteiger partial charge is 0.396 e. The number of nitrogens with two attached hydrogens (primary N) is 1. The lowest BCUT2D eigenvalue weighted by atomic mass is 10.4. The zero-order valence-corrected chi connectivity index (χ0v) is 10.1. The molecule has 0 fully saturated rings. The van der Waals surface area contributed by atoms with Gasteiger partial charge in [-0.2, -0.15) is 5.10 Å². The molecule has 8 nitrogen and oxygen atoms in total. The van der Waals surface area contributed by atoms with E-state index in [-0.39, 0.29) is 12.5 Å². The van der Waals surface area contributed by atoms with Gasteiger partial charge in [0.05, 0.1) is 11.9 Å². The Balaban J connectivity index is 1.74. The van der Waals surface area contributed by atoms with Crippen LogP contribution >= 0.6 is 0 Å². The molecule has 8 heteroatoms. The van der Waals surface area contributed by atoms with Crippen LogP contribution < -0.4 is 11.1 Å². The fraction of sp³-hybridized carbons (Fsp3) is 0.400. The molecule has 2 aromatic heterocycles. The third-order valence-corrected chi connectivity index (χ3v) is 2.43. The maximum absolute atomic E-state index is 11.6. The van der Waals surface area contributed by atoms with Crippen LogP contribution in [0, 0.1) is 0 Å². The molecule has 3 N–H and O–H groups in total. The lowest BCUT2D eigenvalue weighted by Crippen LogP contribution is -2.30. The van der Waals surface area contributed by atoms with Gasteiger partial charge in [0.25, 0.3) is 0 Å². The molecule has 0 unspecified atom stereocenters. The van der Waals surface area contributed by atoms with Crippen molar-refractivity contribution in [2.24, 2.45) is 7.05 Å². The first-order valence-corrected chi connectivity index (χ1v) is 5.52. The average molecular weight is 249 g/mol. The minimum absolute atomic E-state index is 0.111. The number of nitrogens with zero attached hydrogens (tertiary/aromatic N) is 5. The van der Waals surface area contributed by atoms with Crippen molar-refractivity contribution in [3.05, 3.63) is 24.5 Å². The second-order valence-electron chi connectivity index (χ2n) is 3.93. The predicted molar refractivity (Wildman–Crippen MR) is 64.4 cm³/mol. The number of amides is 1. The second-order valence-corrected chi connectivity index (χ2v) is 3.93. The topological polar surface area (TPSA) is 104 Å². The Morgan fingerprint density at radius 1 is 1.56 bits per heavy atom. The first kappa shape index (κ1) is 12.1. The summed E-state index contributed by atoms with van der Waals surface area (Å²) in [6.45, 7) is 0.679. The molecule has 18 heavy (non-hydrogen) atoms. The van der Waals surface area contributed by atoms with Crippen molar-refractivity contribution in [2.45, 2.75) is 13.0 Å². The number of hydrogen-bond acceptors (Lipinski definition) is 5. The van der Waals surface area contributed by atoms with E-state index >= 15 is 0 Å². The molecule has 0 aliphatic heterocycles. The average Bonchev–Trinajstić information content (AvgIpc) is 2.89. The van der Waals surface area contributed by atoms with Gasteiger partial charge in [-0.25, -0.2) is 0 Å². The minimum atomic E-state index is -0.111. The fourth-order valence-electron chi connectivity index (χ4n) is 1.52. The van der Waals surface area contributed by atoms with Gasteiger partial charge in [0, 0.05) is 26.2 Å². The third-order valence-electron chi connectivity index (χ3n) is 2.43. The molecule has 0 spiro atoms. The quantitative estimate of drug-likeness (QED) is 0.704. The summed E-state index contributed by atoms with van der Waals surface area (Å²) in [7, 11) is 1.86. The number of aromatic nitrogens is 5. The first-order valence-electron chi connectivity index (χ1n) is 5.52. The Morgan fingerprint density at radius 3 is 3.00 bits per heavy atom. The van der Waals surface area contributed by atoms with Gasteiger partial charge in [-0.15, -0.1) is 10.2 Å². The van der Waals surface area contributed by atoms with Gasteiger partial charge >= 0.3 is 0 Å². The molecule has 0 aliphatic carbocycles. The zero-order chi connectivity index (χ0) is 13.0. The van der Waals surface area contributed by atoms with E-state index in [0.717, 1.165) is 5.82 Å². The summed E-state index contributed by atoms with van der Waals surface area (Å²) in [5.74, 6) is 0.721. The number of anilines is 1. The molecule has 0 atom stereocenters. The highest BCUT2D eigenvalue weighted by molar-refractivity contribution is 5.75. The Morgan fingerprint density at radius 2 is 2.39 bits per heavy atom. The summed E-state index contributed by atoms with van der Waals surface area (Å²) >= 11 is 0. The highest BCUT2D eigenvalue weighted by Crippen LogP contribution is 1.97. The van der Waals surface area contributed by atoms with Crippen LogP contribution in [-0.2, 0) is 24.8 Å². The standard InChI is InChI=1S/C10H15N7O/c1-16-7-13-15-9(16)2-3-12-10(18)6-17-5-8(11)4-14-17/h4-5,7H,2-3,6,11H2,1H3,(H,12,18). The smallest absolute Gasteiger partial charge is 0.241 e. The lowest BCUT2D eigenvalue weighted by molar-refractivity contribution is -0.121. The van der Waals surface area contributed by atoms with Crippen molar-refractivity contribution in [3.63, 3.8) is 0 Å².